The quantitative estimate of drug-likeness (QED) is 0.605. The molecule has 0 bridgehead atoms. The van der Waals surface area contributed by atoms with Gasteiger partial charge in [0, 0.05) is 24.9 Å². The van der Waals surface area contributed by atoms with E-state index in [0.29, 0.717) is 17.9 Å². The van der Waals surface area contributed by atoms with Crippen LogP contribution in [0.5, 0.6) is 0 Å². The highest BCUT2D eigenvalue weighted by Crippen LogP contribution is 2.35. The lowest BCUT2D eigenvalue weighted by molar-refractivity contribution is -0.121. The minimum absolute atomic E-state index is 0.0823. The molecule has 1 saturated heterocycles. The first-order valence-corrected chi connectivity index (χ1v) is 11.4. The van der Waals surface area contributed by atoms with Crippen molar-refractivity contribution in [2.45, 2.75) is 17.9 Å². The van der Waals surface area contributed by atoms with Gasteiger partial charge in [0.1, 0.15) is 0 Å². The number of amides is 1. The Kier molecular flexibility index (Phi) is 5.35. The number of aromatic nitrogens is 4. The van der Waals surface area contributed by atoms with Crippen molar-refractivity contribution < 1.29 is 13.2 Å². The van der Waals surface area contributed by atoms with Crippen molar-refractivity contribution in [3.05, 3.63) is 48.0 Å². The molecule has 30 heavy (non-hydrogen) atoms. The number of primary amides is 1. The number of nitrogens with two attached hydrogens (primary N) is 1. The predicted octanol–water partition coefficient (Wildman–Crippen LogP) is 1.24. The van der Waals surface area contributed by atoms with Crippen LogP contribution in [-0.4, -0.2) is 59.2 Å². The number of hydrogen-bond acceptors (Lipinski definition) is 7. The number of rotatable bonds is 6. The van der Waals surface area contributed by atoms with E-state index in [1.54, 1.807) is 12.1 Å². The molecular weight excluding hydrogens is 404 g/mol. The molecule has 4 rings (SSSR count). The van der Waals surface area contributed by atoms with E-state index >= 15 is 0 Å². The molecule has 2 aromatic carbocycles. The Morgan fingerprint density at radius 2 is 2.00 bits per heavy atom. The molecule has 1 aromatic heterocycles. The summed E-state index contributed by atoms with van der Waals surface area (Å²) in [5.74, 6) is -0.0289. The normalized spacial score (nSPS) is 17.3. The lowest BCUT2D eigenvalue weighted by atomic mass is 9.98. The van der Waals surface area contributed by atoms with Crippen molar-refractivity contribution in [3.63, 3.8) is 0 Å². The van der Waals surface area contributed by atoms with Crippen LogP contribution in [-0.2, 0) is 21.2 Å². The molecule has 156 valence electrons. The van der Waals surface area contributed by atoms with E-state index in [0.717, 1.165) is 42.5 Å². The Hall–Kier alpha value is -3.11. The number of aromatic amines is 1. The summed E-state index contributed by atoms with van der Waals surface area (Å²) in [6.07, 6.45) is 1.96. The molecule has 0 spiro atoms. The van der Waals surface area contributed by atoms with Crippen molar-refractivity contribution in [1.29, 1.82) is 0 Å². The van der Waals surface area contributed by atoms with Crippen molar-refractivity contribution in [1.82, 2.24) is 25.5 Å². The van der Waals surface area contributed by atoms with Gasteiger partial charge in [-0.2, -0.15) is 0 Å². The van der Waals surface area contributed by atoms with Crippen LogP contribution in [0.15, 0.2) is 47.4 Å². The zero-order valence-corrected chi connectivity index (χ0v) is 17.3. The van der Waals surface area contributed by atoms with Gasteiger partial charge in [0.25, 0.3) is 0 Å². The molecule has 1 atom stereocenters. The Balaban J connectivity index is 1.64. The average molecular weight is 427 g/mol. The number of sulfone groups is 1. The number of nitrogens with zero attached hydrogens (tertiary/aromatic N) is 4. The summed E-state index contributed by atoms with van der Waals surface area (Å²) in [7, 11) is -3.49. The number of likely N-dealkylation sites (tertiary alicyclic amines) is 1. The smallest absolute Gasteiger partial charge is 0.221 e. The van der Waals surface area contributed by atoms with Gasteiger partial charge in [0.15, 0.2) is 15.7 Å². The highest BCUT2D eigenvalue weighted by atomic mass is 32.2. The van der Waals surface area contributed by atoms with Crippen LogP contribution in [0.1, 0.15) is 12.0 Å². The second-order valence-corrected chi connectivity index (χ2v) is 9.50. The largest absolute Gasteiger partial charge is 0.369 e. The average Bonchev–Trinajstić information content (AvgIpc) is 3.39. The van der Waals surface area contributed by atoms with E-state index in [4.69, 9.17) is 5.73 Å². The SMILES string of the molecule is CS(=O)(=O)c1cccc(-c2ccc(CN3CCC(C(N)=O)C3)cc2)c1-c1nnn[nH]1. The van der Waals surface area contributed by atoms with E-state index in [1.807, 2.05) is 30.3 Å². The third-order valence-electron chi connectivity index (χ3n) is 5.35. The Labute approximate surface area is 174 Å². The van der Waals surface area contributed by atoms with Crippen molar-refractivity contribution in [3.8, 4) is 22.5 Å². The zero-order valence-electron chi connectivity index (χ0n) is 16.4. The third-order valence-corrected chi connectivity index (χ3v) is 6.49. The molecule has 2 heterocycles. The van der Waals surface area contributed by atoms with Gasteiger partial charge in [-0.1, -0.05) is 36.4 Å². The fourth-order valence-electron chi connectivity index (χ4n) is 3.85. The van der Waals surface area contributed by atoms with Crippen LogP contribution in [0.3, 0.4) is 0 Å². The molecule has 1 amide bonds. The van der Waals surface area contributed by atoms with Crippen LogP contribution >= 0.6 is 0 Å². The van der Waals surface area contributed by atoms with E-state index in [2.05, 4.69) is 25.5 Å². The molecule has 1 aliphatic heterocycles. The van der Waals surface area contributed by atoms with Gasteiger partial charge < -0.3 is 5.73 Å². The van der Waals surface area contributed by atoms with Crippen molar-refractivity contribution in [2.75, 3.05) is 19.3 Å². The highest BCUT2D eigenvalue weighted by Gasteiger charge is 2.26. The number of nitrogens with one attached hydrogen (secondary N) is 1. The number of carbonyl (C=O) groups excluding carboxylic acids is 1. The zero-order chi connectivity index (χ0) is 21.3. The van der Waals surface area contributed by atoms with Gasteiger partial charge in [-0.3, -0.25) is 9.69 Å². The molecule has 1 aliphatic rings. The maximum Gasteiger partial charge on any atom is 0.221 e. The maximum atomic E-state index is 12.3. The molecule has 3 aromatic rings. The molecule has 1 unspecified atom stereocenters. The second-order valence-electron chi connectivity index (χ2n) is 7.52. The van der Waals surface area contributed by atoms with Crippen LogP contribution in [0.4, 0.5) is 0 Å². The van der Waals surface area contributed by atoms with E-state index in [1.165, 1.54) is 0 Å². The van der Waals surface area contributed by atoms with Gasteiger partial charge in [-0.15, -0.1) is 5.10 Å². The fraction of sp³-hybridized carbons (Fsp3) is 0.300. The monoisotopic (exact) mass is 426 g/mol. The first kappa shape index (κ1) is 20.2. The number of benzene rings is 2. The molecule has 0 saturated carbocycles. The van der Waals surface area contributed by atoms with E-state index < -0.39 is 9.84 Å². The van der Waals surface area contributed by atoms with E-state index in [-0.39, 0.29) is 16.7 Å². The van der Waals surface area contributed by atoms with Gasteiger partial charge >= 0.3 is 0 Å². The lowest BCUT2D eigenvalue weighted by Crippen LogP contribution is -2.27. The van der Waals surface area contributed by atoms with Crippen LogP contribution in [0.2, 0.25) is 0 Å². The molecular formula is C20H22N6O3S. The van der Waals surface area contributed by atoms with Crippen molar-refractivity contribution in [2.24, 2.45) is 11.7 Å². The minimum atomic E-state index is -3.49. The fourth-order valence-corrected chi connectivity index (χ4v) is 4.75. The summed E-state index contributed by atoms with van der Waals surface area (Å²) >= 11 is 0. The molecule has 9 nitrogen and oxygen atoms in total. The first-order chi connectivity index (χ1) is 14.3. The molecule has 0 radical (unpaired) electrons. The van der Waals surface area contributed by atoms with Crippen molar-refractivity contribution >= 4 is 15.7 Å². The number of hydrogen-bond donors (Lipinski definition) is 2. The lowest BCUT2D eigenvalue weighted by Gasteiger charge is -2.16. The Bertz CT molecular complexity index is 1160. The minimum Gasteiger partial charge on any atom is -0.369 e. The summed E-state index contributed by atoms with van der Waals surface area (Å²) in [5.41, 5.74) is 8.53. The van der Waals surface area contributed by atoms with Gasteiger partial charge in [0.2, 0.25) is 5.91 Å². The molecule has 1 fully saturated rings. The van der Waals surface area contributed by atoms with Gasteiger partial charge in [-0.25, -0.2) is 13.5 Å². The van der Waals surface area contributed by atoms with Gasteiger partial charge in [0.05, 0.1) is 10.8 Å². The van der Waals surface area contributed by atoms with Crippen LogP contribution in [0.25, 0.3) is 22.5 Å². The summed E-state index contributed by atoms with van der Waals surface area (Å²) in [5, 5.41) is 13.8. The summed E-state index contributed by atoms with van der Waals surface area (Å²) in [6, 6.07) is 13.0. The number of tetrazole rings is 1. The summed E-state index contributed by atoms with van der Waals surface area (Å²) < 4.78 is 24.7. The summed E-state index contributed by atoms with van der Waals surface area (Å²) in [4.78, 5) is 13.7. The third kappa shape index (κ3) is 4.10. The molecule has 0 aliphatic carbocycles. The van der Waals surface area contributed by atoms with Gasteiger partial charge in [-0.05, 0) is 46.1 Å². The Morgan fingerprint density at radius 1 is 1.23 bits per heavy atom. The second kappa shape index (κ2) is 7.96. The summed E-state index contributed by atoms with van der Waals surface area (Å²) in [6.45, 7) is 2.25. The highest BCUT2D eigenvalue weighted by molar-refractivity contribution is 7.90. The maximum absolute atomic E-state index is 12.3. The molecule has 3 N–H and O–H groups in total. The molecule has 10 heteroatoms. The van der Waals surface area contributed by atoms with Crippen LogP contribution < -0.4 is 5.73 Å². The topological polar surface area (TPSA) is 135 Å². The first-order valence-electron chi connectivity index (χ1n) is 9.51. The van der Waals surface area contributed by atoms with E-state index in [9.17, 15) is 13.2 Å². The standard InChI is InChI=1S/C20H22N6O3S/c1-30(28,29)17-4-2-3-16(18(17)20-22-24-25-23-20)14-7-5-13(6-8-14)11-26-10-9-15(12-26)19(21)27/h2-8,15H,9-12H2,1H3,(H2,21,27)(H,22,23,24,25). The predicted molar refractivity (Wildman–Crippen MR) is 111 cm³/mol. The van der Waals surface area contributed by atoms with Crippen LogP contribution in [0, 0.1) is 5.92 Å². The Morgan fingerprint density at radius 3 is 2.60 bits per heavy atom. The number of H-pyrrole nitrogens is 1. The number of carbonyl (C=O) groups is 1.